The SMILES string of the molecule is C1=CC23CNC1CC(C2)C3. The second kappa shape index (κ2) is 1.48. The van der Waals surface area contributed by atoms with Gasteiger partial charge in [-0.3, -0.25) is 0 Å². The van der Waals surface area contributed by atoms with Crippen LogP contribution < -0.4 is 5.32 Å². The van der Waals surface area contributed by atoms with Crippen LogP contribution in [-0.4, -0.2) is 12.6 Å². The molecule has 3 aliphatic heterocycles. The molecule has 0 aromatic rings. The van der Waals surface area contributed by atoms with Gasteiger partial charge in [0.05, 0.1) is 0 Å². The molecule has 1 N–H and O–H groups in total. The summed E-state index contributed by atoms with van der Waals surface area (Å²) >= 11 is 0. The summed E-state index contributed by atoms with van der Waals surface area (Å²) in [5.41, 5.74) is 0.623. The first-order valence-electron chi connectivity index (χ1n) is 4.29. The molecule has 1 nitrogen and oxygen atoms in total. The molecule has 2 saturated heterocycles. The minimum absolute atomic E-state index is 0.623. The zero-order valence-corrected chi connectivity index (χ0v) is 6.14. The van der Waals surface area contributed by atoms with Gasteiger partial charge in [0, 0.05) is 18.0 Å². The lowest BCUT2D eigenvalue weighted by atomic mass is 9.63. The fourth-order valence-corrected chi connectivity index (χ4v) is 2.84. The van der Waals surface area contributed by atoms with Crippen LogP contribution in [0.25, 0.3) is 0 Å². The van der Waals surface area contributed by atoms with Gasteiger partial charge in [-0.1, -0.05) is 12.2 Å². The molecule has 3 bridgehead atoms. The Labute approximate surface area is 61.5 Å². The highest BCUT2D eigenvalue weighted by Gasteiger charge is 2.47. The normalized spacial score (nSPS) is 56.0. The molecule has 3 fully saturated rings. The highest BCUT2D eigenvalue weighted by atomic mass is 15.0. The van der Waals surface area contributed by atoms with E-state index in [-0.39, 0.29) is 0 Å². The first-order valence-corrected chi connectivity index (χ1v) is 4.29. The van der Waals surface area contributed by atoms with Crippen molar-refractivity contribution in [3.8, 4) is 0 Å². The van der Waals surface area contributed by atoms with Gasteiger partial charge in [0.25, 0.3) is 0 Å². The molecule has 0 aromatic heterocycles. The van der Waals surface area contributed by atoms with Crippen molar-refractivity contribution in [3.05, 3.63) is 12.2 Å². The van der Waals surface area contributed by atoms with Crippen molar-refractivity contribution >= 4 is 0 Å². The van der Waals surface area contributed by atoms with Gasteiger partial charge in [-0.05, 0) is 25.2 Å². The van der Waals surface area contributed by atoms with Gasteiger partial charge >= 0.3 is 0 Å². The van der Waals surface area contributed by atoms with Gasteiger partial charge in [-0.2, -0.15) is 0 Å². The summed E-state index contributed by atoms with van der Waals surface area (Å²) in [5.74, 6) is 1.05. The number of nitrogens with one attached hydrogen (secondary N) is 1. The second-order valence-corrected chi connectivity index (χ2v) is 4.22. The molecule has 1 heteroatoms. The zero-order valence-electron chi connectivity index (χ0n) is 6.14. The lowest BCUT2D eigenvalue weighted by Gasteiger charge is -2.43. The van der Waals surface area contributed by atoms with Gasteiger partial charge in [0.1, 0.15) is 0 Å². The maximum absolute atomic E-state index is 3.58. The van der Waals surface area contributed by atoms with Gasteiger partial charge in [-0.25, -0.2) is 0 Å². The molecule has 1 unspecified atom stereocenters. The molecule has 6 aliphatic rings. The predicted octanol–water partition coefficient (Wildman–Crippen LogP) is 1.31. The summed E-state index contributed by atoms with van der Waals surface area (Å²) in [4.78, 5) is 0. The molecule has 1 atom stereocenters. The second-order valence-electron chi connectivity index (χ2n) is 4.22. The molecule has 54 valence electrons. The summed E-state index contributed by atoms with van der Waals surface area (Å²) < 4.78 is 0. The van der Waals surface area contributed by atoms with E-state index in [1.54, 1.807) is 0 Å². The van der Waals surface area contributed by atoms with Crippen LogP contribution in [0.1, 0.15) is 19.3 Å². The van der Waals surface area contributed by atoms with E-state index in [0.717, 1.165) is 12.0 Å². The van der Waals surface area contributed by atoms with Crippen molar-refractivity contribution in [2.45, 2.75) is 25.3 Å². The molecule has 10 heavy (non-hydrogen) atoms. The Morgan fingerprint density at radius 1 is 1.40 bits per heavy atom. The molecular weight excluding hydrogens is 122 g/mol. The highest BCUT2D eigenvalue weighted by Crippen LogP contribution is 2.52. The maximum atomic E-state index is 3.58. The van der Waals surface area contributed by atoms with Crippen LogP contribution in [0.4, 0.5) is 0 Å². The quantitative estimate of drug-likeness (QED) is 0.494. The van der Waals surface area contributed by atoms with Crippen LogP contribution in [0, 0.1) is 11.3 Å². The smallest absolute Gasteiger partial charge is 0.0253 e. The Hall–Kier alpha value is -0.300. The van der Waals surface area contributed by atoms with E-state index in [0.29, 0.717) is 5.41 Å². The van der Waals surface area contributed by atoms with Crippen molar-refractivity contribution in [2.75, 3.05) is 6.54 Å². The lowest BCUT2D eigenvalue weighted by molar-refractivity contribution is 0.130. The Bertz CT molecular complexity index is 181. The first kappa shape index (κ1) is 5.36. The van der Waals surface area contributed by atoms with Crippen LogP contribution >= 0.6 is 0 Å². The van der Waals surface area contributed by atoms with E-state index >= 15 is 0 Å². The van der Waals surface area contributed by atoms with Crippen LogP contribution in [0.15, 0.2) is 12.2 Å². The van der Waals surface area contributed by atoms with Crippen LogP contribution in [-0.2, 0) is 0 Å². The third kappa shape index (κ3) is 0.523. The summed E-state index contributed by atoms with van der Waals surface area (Å²) in [6, 6.07) is 0.725. The number of rotatable bonds is 0. The maximum Gasteiger partial charge on any atom is 0.0253 e. The van der Waals surface area contributed by atoms with Crippen molar-refractivity contribution in [1.82, 2.24) is 5.32 Å². The van der Waals surface area contributed by atoms with Crippen molar-refractivity contribution < 1.29 is 0 Å². The summed E-state index contributed by atoms with van der Waals surface area (Å²) in [7, 11) is 0. The minimum Gasteiger partial charge on any atom is -0.310 e. The molecule has 1 saturated carbocycles. The predicted molar refractivity (Wildman–Crippen MR) is 40.7 cm³/mol. The zero-order chi connectivity index (χ0) is 6.60. The third-order valence-electron chi connectivity index (χ3n) is 3.38. The van der Waals surface area contributed by atoms with Crippen LogP contribution in [0.3, 0.4) is 0 Å². The van der Waals surface area contributed by atoms with Crippen LogP contribution in [0.5, 0.6) is 0 Å². The van der Waals surface area contributed by atoms with E-state index < -0.39 is 0 Å². The van der Waals surface area contributed by atoms with Crippen LogP contribution in [0.2, 0.25) is 0 Å². The van der Waals surface area contributed by atoms with Gasteiger partial charge in [0.2, 0.25) is 0 Å². The lowest BCUT2D eigenvalue weighted by Crippen LogP contribution is -2.42. The summed E-state index contributed by atoms with van der Waals surface area (Å²) in [6.07, 6.45) is 9.19. The summed E-state index contributed by atoms with van der Waals surface area (Å²) in [6.45, 7) is 1.25. The topological polar surface area (TPSA) is 12.0 Å². The molecule has 0 aromatic carbocycles. The van der Waals surface area contributed by atoms with E-state index in [1.807, 2.05) is 0 Å². The molecule has 6 rings (SSSR count). The van der Waals surface area contributed by atoms with E-state index in [4.69, 9.17) is 0 Å². The average Bonchev–Trinajstić information content (AvgIpc) is 2.23. The number of hydrogen-bond donors (Lipinski definition) is 1. The Balaban J connectivity index is 2.05. The van der Waals surface area contributed by atoms with Gasteiger partial charge in [0.15, 0.2) is 0 Å². The Kier molecular flexibility index (Phi) is 0.791. The van der Waals surface area contributed by atoms with Crippen molar-refractivity contribution in [2.24, 2.45) is 11.3 Å². The average molecular weight is 135 g/mol. The highest BCUT2D eigenvalue weighted by molar-refractivity contribution is 5.19. The fraction of sp³-hybridized carbons (Fsp3) is 0.778. The number of hydrogen-bond acceptors (Lipinski definition) is 1. The first-order chi connectivity index (χ1) is 4.86. The standard InChI is InChI=1S/C9H13N/c1-2-9-4-7(5-9)3-8(1)10-6-9/h1-2,7-8,10H,3-6H2. The van der Waals surface area contributed by atoms with Gasteiger partial charge < -0.3 is 5.32 Å². The van der Waals surface area contributed by atoms with E-state index in [9.17, 15) is 0 Å². The summed E-state index contributed by atoms with van der Waals surface area (Å²) in [5, 5.41) is 3.58. The fourth-order valence-electron chi connectivity index (χ4n) is 2.84. The minimum atomic E-state index is 0.623. The van der Waals surface area contributed by atoms with E-state index in [2.05, 4.69) is 17.5 Å². The molecule has 0 radical (unpaired) electrons. The monoisotopic (exact) mass is 135 g/mol. The molecular formula is C9H13N. The Morgan fingerprint density at radius 3 is 3.00 bits per heavy atom. The third-order valence-corrected chi connectivity index (χ3v) is 3.38. The van der Waals surface area contributed by atoms with E-state index in [1.165, 1.54) is 25.8 Å². The Morgan fingerprint density at radius 2 is 2.30 bits per heavy atom. The largest absolute Gasteiger partial charge is 0.310 e. The molecule has 3 heterocycles. The molecule has 1 spiro atoms. The van der Waals surface area contributed by atoms with Gasteiger partial charge in [-0.15, -0.1) is 0 Å². The van der Waals surface area contributed by atoms with Crippen molar-refractivity contribution in [1.29, 1.82) is 0 Å². The molecule has 0 amide bonds. The molecule has 3 aliphatic carbocycles. The van der Waals surface area contributed by atoms with Crippen molar-refractivity contribution in [3.63, 3.8) is 0 Å².